The smallest absolute Gasteiger partial charge is 0.352 e. The number of nitrogens with zero attached hydrogens (tertiary/aromatic N) is 4. The predicted octanol–water partition coefficient (Wildman–Crippen LogP) is 3.34. The first-order chi connectivity index (χ1) is 15.5. The zero-order valence-corrected chi connectivity index (χ0v) is 18.7. The second-order valence-electron chi connectivity index (χ2n) is 8.39. The topological polar surface area (TPSA) is 71.2 Å². The van der Waals surface area contributed by atoms with Crippen LogP contribution in [-0.4, -0.2) is 38.8 Å². The summed E-state index contributed by atoms with van der Waals surface area (Å²) in [5, 5.41) is 10.7. The molecule has 2 aliphatic rings. The van der Waals surface area contributed by atoms with Crippen molar-refractivity contribution in [3.8, 4) is 0 Å². The van der Waals surface area contributed by atoms with E-state index < -0.39 is 6.10 Å². The second kappa shape index (κ2) is 8.60. The number of aliphatic hydroxyl groups is 1. The summed E-state index contributed by atoms with van der Waals surface area (Å²) in [5.41, 5.74) is 2.62. The fraction of sp³-hybridized carbons (Fsp3) is 0.375. The third-order valence-electron chi connectivity index (χ3n) is 6.18. The van der Waals surface area contributed by atoms with Crippen LogP contribution in [0.5, 0.6) is 0 Å². The van der Waals surface area contributed by atoms with Gasteiger partial charge in [0.05, 0.1) is 19.2 Å². The number of β-amino-alcohol motifs (C(OH)–C–C–N with tert-alkyl or cyclic N) is 1. The van der Waals surface area contributed by atoms with Crippen molar-refractivity contribution in [2.75, 3.05) is 18.0 Å². The molecule has 32 heavy (non-hydrogen) atoms. The average molecular weight is 453 g/mol. The van der Waals surface area contributed by atoms with Crippen molar-refractivity contribution < 1.29 is 9.50 Å². The lowest BCUT2D eigenvalue weighted by molar-refractivity contribution is 0.233. The van der Waals surface area contributed by atoms with E-state index in [9.17, 15) is 14.3 Å². The van der Waals surface area contributed by atoms with E-state index in [-0.39, 0.29) is 18.1 Å². The van der Waals surface area contributed by atoms with E-state index in [2.05, 4.69) is 16.0 Å². The SMILES string of the molecule is Cc1nc(N2CC=C(c3ccc(F)cc3)C(O)C2)nc(=O)n1Cc1cc2c(s1)CCCC2. The van der Waals surface area contributed by atoms with Crippen molar-refractivity contribution in [3.05, 3.63) is 79.4 Å². The van der Waals surface area contributed by atoms with Crippen LogP contribution in [0.3, 0.4) is 0 Å². The number of anilines is 1. The zero-order valence-electron chi connectivity index (χ0n) is 17.9. The zero-order chi connectivity index (χ0) is 22.2. The summed E-state index contributed by atoms with van der Waals surface area (Å²) < 4.78 is 14.8. The van der Waals surface area contributed by atoms with Gasteiger partial charge in [0.2, 0.25) is 5.95 Å². The highest BCUT2D eigenvalue weighted by molar-refractivity contribution is 7.12. The minimum absolute atomic E-state index is 0.268. The average Bonchev–Trinajstić information content (AvgIpc) is 3.19. The summed E-state index contributed by atoms with van der Waals surface area (Å²) in [5.74, 6) is 0.616. The van der Waals surface area contributed by atoms with Crippen molar-refractivity contribution in [3.63, 3.8) is 0 Å². The van der Waals surface area contributed by atoms with E-state index in [4.69, 9.17) is 0 Å². The highest BCUT2D eigenvalue weighted by atomic mass is 32.1. The number of aryl methyl sites for hydroxylation is 3. The molecule has 0 radical (unpaired) electrons. The maximum absolute atomic E-state index is 13.2. The lowest BCUT2D eigenvalue weighted by atomic mass is 9.97. The molecule has 1 aliphatic carbocycles. The Morgan fingerprint density at radius 2 is 1.97 bits per heavy atom. The Labute approximate surface area is 189 Å². The molecule has 1 aromatic carbocycles. The van der Waals surface area contributed by atoms with Gasteiger partial charge < -0.3 is 10.0 Å². The van der Waals surface area contributed by atoms with Crippen LogP contribution in [0.25, 0.3) is 5.57 Å². The summed E-state index contributed by atoms with van der Waals surface area (Å²) >= 11 is 1.79. The molecule has 3 aromatic rings. The van der Waals surface area contributed by atoms with Gasteiger partial charge in [0.15, 0.2) is 0 Å². The second-order valence-corrected chi connectivity index (χ2v) is 9.62. The van der Waals surface area contributed by atoms with E-state index >= 15 is 0 Å². The van der Waals surface area contributed by atoms with Gasteiger partial charge in [-0.15, -0.1) is 11.3 Å². The summed E-state index contributed by atoms with van der Waals surface area (Å²) in [7, 11) is 0. The molecule has 0 fully saturated rings. The highest BCUT2D eigenvalue weighted by Crippen LogP contribution is 2.30. The van der Waals surface area contributed by atoms with E-state index in [1.807, 2.05) is 13.0 Å². The van der Waals surface area contributed by atoms with Crippen LogP contribution in [0, 0.1) is 12.7 Å². The molecule has 5 rings (SSSR count). The number of aliphatic hydroxyl groups excluding tert-OH is 1. The van der Waals surface area contributed by atoms with Crippen LogP contribution in [0.2, 0.25) is 0 Å². The Balaban J connectivity index is 1.36. The molecule has 1 aliphatic heterocycles. The highest BCUT2D eigenvalue weighted by Gasteiger charge is 2.24. The van der Waals surface area contributed by atoms with Gasteiger partial charge in [-0.3, -0.25) is 4.57 Å². The van der Waals surface area contributed by atoms with E-state index in [1.165, 1.54) is 40.3 Å². The molecular weight excluding hydrogens is 427 g/mol. The molecule has 8 heteroatoms. The van der Waals surface area contributed by atoms with Gasteiger partial charge >= 0.3 is 5.69 Å². The van der Waals surface area contributed by atoms with Gasteiger partial charge in [0.25, 0.3) is 0 Å². The van der Waals surface area contributed by atoms with Crippen molar-refractivity contribution in [1.82, 2.24) is 14.5 Å². The summed E-state index contributed by atoms with van der Waals surface area (Å²) in [6.45, 7) is 3.04. The maximum atomic E-state index is 13.2. The largest absolute Gasteiger partial charge is 0.387 e. The van der Waals surface area contributed by atoms with Crippen molar-refractivity contribution in [2.24, 2.45) is 0 Å². The number of rotatable bonds is 4. The van der Waals surface area contributed by atoms with Crippen LogP contribution in [-0.2, 0) is 19.4 Å². The van der Waals surface area contributed by atoms with Gasteiger partial charge in [0.1, 0.15) is 11.6 Å². The molecule has 166 valence electrons. The predicted molar refractivity (Wildman–Crippen MR) is 124 cm³/mol. The van der Waals surface area contributed by atoms with Crippen molar-refractivity contribution >= 4 is 22.9 Å². The molecule has 0 bridgehead atoms. The summed E-state index contributed by atoms with van der Waals surface area (Å²) in [4.78, 5) is 26.0. The fourth-order valence-electron chi connectivity index (χ4n) is 4.47. The molecule has 1 unspecified atom stereocenters. The Kier molecular flexibility index (Phi) is 5.65. The Hall–Kier alpha value is -2.84. The van der Waals surface area contributed by atoms with Crippen LogP contribution in [0.1, 0.15) is 39.5 Å². The lowest BCUT2D eigenvalue weighted by Crippen LogP contribution is -2.40. The maximum Gasteiger partial charge on any atom is 0.352 e. The fourth-order valence-corrected chi connectivity index (χ4v) is 5.72. The molecule has 0 amide bonds. The normalized spacial score (nSPS) is 18.4. The molecule has 1 N–H and O–H groups in total. The van der Waals surface area contributed by atoms with Crippen LogP contribution in [0.4, 0.5) is 10.3 Å². The van der Waals surface area contributed by atoms with Gasteiger partial charge in [-0.2, -0.15) is 9.97 Å². The number of hydrogen-bond donors (Lipinski definition) is 1. The van der Waals surface area contributed by atoms with Gasteiger partial charge in [-0.25, -0.2) is 9.18 Å². The standard InChI is InChI=1S/C24H25FN4O2S/c1-15-26-23(28-11-10-20(21(30)14-28)16-6-8-18(25)9-7-16)27-24(31)29(15)13-19-12-17-4-2-3-5-22(17)32-19/h6-10,12,21,30H,2-5,11,13-14H2,1H3. The van der Waals surface area contributed by atoms with Crippen LogP contribution < -0.4 is 10.6 Å². The first-order valence-electron chi connectivity index (χ1n) is 10.9. The summed E-state index contributed by atoms with van der Waals surface area (Å²) in [6, 6.07) is 8.30. The third kappa shape index (κ3) is 4.12. The Bertz CT molecular complexity index is 1210. The van der Waals surface area contributed by atoms with Crippen LogP contribution >= 0.6 is 11.3 Å². The van der Waals surface area contributed by atoms with E-state index in [0.29, 0.717) is 24.9 Å². The quantitative estimate of drug-likeness (QED) is 0.658. The number of halogens is 1. The lowest BCUT2D eigenvalue weighted by Gasteiger charge is -2.30. The number of thiophene rings is 1. The molecule has 3 heterocycles. The first kappa shape index (κ1) is 21.0. The number of benzene rings is 1. The minimum atomic E-state index is -0.780. The number of aromatic nitrogens is 3. The first-order valence-corrected chi connectivity index (χ1v) is 11.7. The van der Waals surface area contributed by atoms with Gasteiger partial charge in [0, 0.05) is 16.3 Å². The Morgan fingerprint density at radius 3 is 2.69 bits per heavy atom. The van der Waals surface area contributed by atoms with E-state index in [1.54, 1.807) is 32.9 Å². The molecule has 2 aromatic heterocycles. The van der Waals surface area contributed by atoms with Gasteiger partial charge in [-0.1, -0.05) is 18.2 Å². The molecule has 0 saturated heterocycles. The van der Waals surface area contributed by atoms with Crippen molar-refractivity contribution in [2.45, 2.75) is 45.3 Å². The third-order valence-corrected chi connectivity index (χ3v) is 7.41. The summed E-state index contributed by atoms with van der Waals surface area (Å²) in [6.07, 6.45) is 5.83. The van der Waals surface area contributed by atoms with Gasteiger partial charge in [-0.05, 0) is 67.5 Å². The van der Waals surface area contributed by atoms with E-state index in [0.717, 1.165) is 24.0 Å². The Morgan fingerprint density at radius 1 is 1.19 bits per heavy atom. The number of hydrogen-bond acceptors (Lipinski definition) is 6. The van der Waals surface area contributed by atoms with Crippen LogP contribution in [0.15, 0.2) is 41.2 Å². The molecule has 0 saturated carbocycles. The van der Waals surface area contributed by atoms with Crippen molar-refractivity contribution in [1.29, 1.82) is 0 Å². The monoisotopic (exact) mass is 452 g/mol. The molecule has 1 atom stereocenters. The number of fused-ring (bicyclic) bond motifs is 1. The minimum Gasteiger partial charge on any atom is -0.387 e. The molecular formula is C24H25FN4O2S. The molecule has 6 nitrogen and oxygen atoms in total. The molecule has 0 spiro atoms.